The van der Waals surface area contributed by atoms with Crippen LogP contribution in [0, 0.1) is 5.41 Å². The largest absolute Gasteiger partial charge is 0.504 e. The number of amidine groups is 1. The number of benzene rings is 1. The summed E-state index contributed by atoms with van der Waals surface area (Å²) in [5.74, 6) is -0.129. The summed E-state index contributed by atoms with van der Waals surface area (Å²) in [7, 11) is 1.45. The fourth-order valence-corrected chi connectivity index (χ4v) is 2.74. The zero-order valence-electron chi connectivity index (χ0n) is 14.0. The van der Waals surface area contributed by atoms with Crippen LogP contribution in [0.2, 0.25) is 0 Å². The van der Waals surface area contributed by atoms with E-state index in [0.29, 0.717) is 21.2 Å². The number of carbonyl (C=O) groups is 2. The molecule has 0 spiro atoms. The van der Waals surface area contributed by atoms with Crippen molar-refractivity contribution in [2.75, 3.05) is 19.0 Å². The van der Waals surface area contributed by atoms with Crippen LogP contribution in [0.25, 0.3) is 0 Å². The van der Waals surface area contributed by atoms with Crippen LogP contribution in [-0.4, -0.2) is 36.5 Å². The van der Waals surface area contributed by atoms with Gasteiger partial charge in [0.1, 0.15) is 5.84 Å². The molecule has 0 atom stereocenters. The number of nitrogens with two attached hydrogens (primary N) is 1. The van der Waals surface area contributed by atoms with Gasteiger partial charge in [0.05, 0.1) is 23.5 Å². The Labute approximate surface area is 153 Å². The number of urea groups is 1. The van der Waals surface area contributed by atoms with Gasteiger partial charge in [-0.2, -0.15) is 0 Å². The number of ether oxygens (including phenoxy) is 1. The smallest absolute Gasteiger partial charge is 0.320 e. The molecule has 0 unspecified atom stereocenters. The third kappa shape index (κ3) is 5.38. The Hall–Kier alpha value is -3.27. The number of hydrogen-bond acceptors (Lipinski definition) is 6. The minimum Gasteiger partial charge on any atom is -0.504 e. The Kier molecular flexibility index (Phi) is 6.39. The summed E-state index contributed by atoms with van der Waals surface area (Å²) in [6.07, 6.45) is 0. The van der Waals surface area contributed by atoms with Crippen molar-refractivity contribution in [2.24, 2.45) is 5.73 Å². The predicted octanol–water partition coefficient (Wildman–Crippen LogP) is 1.18. The van der Waals surface area contributed by atoms with Gasteiger partial charge in [-0.15, -0.1) is 11.3 Å². The van der Waals surface area contributed by atoms with E-state index in [9.17, 15) is 14.7 Å². The molecule has 1 aromatic carbocycles. The molecule has 0 saturated carbocycles. The van der Waals surface area contributed by atoms with Gasteiger partial charge < -0.3 is 26.2 Å². The van der Waals surface area contributed by atoms with Crippen LogP contribution in [0.4, 0.5) is 9.80 Å². The molecule has 1 heterocycles. The monoisotopic (exact) mass is 377 g/mol. The minimum atomic E-state index is -0.542. The fourth-order valence-electron chi connectivity index (χ4n) is 1.98. The van der Waals surface area contributed by atoms with Gasteiger partial charge in [-0.3, -0.25) is 15.5 Å². The molecular weight excluding hydrogens is 358 g/mol. The molecule has 9 nitrogen and oxygen atoms in total. The molecule has 0 fully saturated rings. The minimum absolute atomic E-state index is 0.0161. The molecule has 1 aromatic heterocycles. The van der Waals surface area contributed by atoms with Crippen molar-refractivity contribution in [3.05, 3.63) is 40.8 Å². The molecule has 10 heteroatoms. The molecule has 2 rings (SSSR count). The highest BCUT2D eigenvalue weighted by atomic mass is 32.1. The number of hydrogen-bond donors (Lipinski definition) is 6. The van der Waals surface area contributed by atoms with E-state index >= 15 is 0 Å². The van der Waals surface area contributed by atoms with Gasteiger partial charge >= 0.3 is 6.03 Å². The van der Waals surface area contributed by atoms with Gasteiger partial charge in [0.2, 0.25) is 5.91 Å². The lowest BCUT2D eigenvalue weighted by Gasteiger charge is -2.09. The molecule has 0 saturated heterocycles. The average Bonchev–Trinajstić information content (AvgIpc) is 3.07. The van der Waals surface area contributed by atoms with Crippen molar-refractivity contribution in [3.8, 4) is 11.5 Å². The number of thiophene rings is 1. The van der Waals surface area contributed by atoms with Gasteiger partial charge in [0.15, 0.2) is 11.5 Å². The van der Waals surface area contributed by atoms with E-state index in [2.05, 4.69) is 16.0 Å². The normalized spacial score (nSPS) is 10.0. The van der Waals surface area contributed by atoms with Crippen LogP contribution < -0.4 is 26.4 Å². The van der Waals surface area contributed by atoms with Gasteiger partial charge in [0, 0.05) is 6.54 Å². The number of methoxy groups -OCH3 is 1. The second-order valence-electron chi connectivity index (χ2n) is 5.17. The summed E-state index contributed by atoms with van der Waals surface area (Å²) in [4.78, 5) is 24.1. The first-order chi connectivity index (χ1) is 12.4. The lowest BCUT2D eigenvalue weighted by molar-refractivity contribution is -0.120. The van der Waals surface area contributed by atoms with Gasteiger partial charge in [-0.05, 0) is 29.8 Å². The predicted molar refractivity (Wildman–Crippen MR) is 98.9 cm³/mol. The number of aromatic hydroxyl groups is 1. The highest BCUT2D eigenvalue weighted by molar-refractivity contribution is 7.18. The number of rotatable bonds is 7. The summed E-state index contributed by atoms with van der Waals surface area (Å²) >= 11 is 1.16. The Morgan fingerprint density at radius 3 is 2.65 bits per heavy atom. The van der Waals surface area contributed by atoms with E-state index in [-0.39, 0.29) is 30.6 Å². The van der Waals surface area contributed by atoms with Crippen LogP contribution in [0.15, 0.2) is 30.3 Å². The molecule has 0 bridgehead atoms. The number of phenols is 1. The average molecular weight is 377 g/mol. The van der Waals surface area contributed by atoms with Gasteiger partial charge in [-0.25, -0.2) is 4.79 Å². The van der Waals surface area contributed by atoms with E-state index in [0.717, 1.165) is 11.3 Å². The van der Waals surface area contributed by atoms with Crippen LogP contribution in [-0.2, 0) is 11.3 Å². The summed E-state index contributed by atoms with van der Waals surface area (Å²) in [5.41, 5.74) is 6.04. The van der Waals surface area contributed by atoms with E-state index in [1.54, 1.807) is 24.3 Å². The highest BCUT2D eigenvalue weighted by Crippen LogP contribution is 2.26. The lowest BCUT2D eigenvalue weighted by Crippen LogP contribution is -2.38. The number of phenolic OH excluding ortho intramolecular Hbond substituents is 1. The zero-order chi connectivity index (χ0) is 19.1. The quantitative estimate of drug-likeness (QED) is 0.316. The molecule has 3 amide bonds. The Balaban J connectivity index is 1.74. The second kappa shape index (κ2) is 8.72. The molecule has 0 radical (unpaired) electrons. The lowest BCUT2D eigenvalue weighted by atomic mass is 10.2. The maximum atomic E-state index is 11.8. The molecule has 2 aromatic rings. The summed E-state index contributed by atoms with van der Waals surface area (Å²) in [6, 6.07) is 7.50. The van der Waals surface area contributed by atoms with Crippen molar-refractivity contribution >= 4 is 34.1 Å². The highest BCUT2D eigenvalue weighted by Gasteiger charge is 2.09. The number of carbonyl (C=O) groups excluding carboxylic acids is 2. The molecule has 7 N–H and O–H groups in total. The summed E-state index contributed by atoms with van der Waals surface area (Å²) in [5, 5.41) is 25.1. The maximum absolute atomic E-state index is 11.8. The van der Waals surface area contributed by atoms with Crippen LogP contribution in [0.5, 0.6) is 11.5 Å². The van der Waals surface area contributed by atoms with E-state index in [1.165, 1.54) is 13.2 Å². The molecule has 138 valence electrons. The van der Waals surface area contributed by atoms with Gasteiger partial charge in [-0.1, -0.05) is 6.07 Å². The topological polar surface area (TPSA) is 150 Å². The number of nitrogens with one attached hydrogen (secondary N) is 4. The van der Waals surface area contributed by atoms with Crippen molar-refractivity contribution in [1.29, 1.82) is 5.41 Å². The zero-order valence-corrected chi connectivity index (χ0v) is 14.8. The Morgan fingerprint density at radius 2 is 2.04 bits per heavy atom. The van der Waals surface area contributed by atoms with Crippen LogP contribution >= 0.6 is 11.3 Å². The number of nitrogen functional groups attached to an aromatic ring is 1. The van der Waals surface area contributed by atoms with Gasteiger partial charge in [0.25, 0.3) is 0 Å². The van der Waals surface area contributed by atoms with E-state index < -0.39 is 6.03 Å². The molecule has 0 aliphatic carbocycles. The van der Waals surface area contributed by atoms with Crippen LogP contribution in [0.3, 0.4) is 0 Å². The summed E-state index contributed by atoms with van der Waals surface area (Å²) in [6.45, 7) is -0.00844. The third-order valence-electron chi connectivity index (χ3n) is 3.25. The number of anilines is 1. The maximum Gasteiger partial charge on any atom is 0.320 e. The van der Waals surface area contributed by atoms with Crippen molar-refractivity contribution in [3.63, 3.8) is 0 Å². The molecular formula is C16H19N5O4S. The van der Waals surface area contributed by atoms with Crippen molar-refractivity contribution in [1.82, 2.24) is 10.6 Å². The van der Waals surface area contributed by atoms with Crippen LogP contribution in [0.1, 0.15) is 10.4 Å². The fraction of sp³-hybridized carbons (Fsp3) is 0.188. The van der Waals surface area contributed by atoms with E-state index in [4.69, 9.17) is 15.9 Å². The van der Waals surface area contributed by atoms with E-state index in [1.807, 2.05) is 0 Å². The first kappa shape index (κ1) is 19.1. The first-order valence-electron chi connectivity index (χ1n) is 7.50. The van der Waals surface area contributed by atoms with Crippen molar-refractivity contribution < 1.29 is 19.4 Å². The third-order valence-corrected chi connectivity index (χ3v) is 4.28. The summed E-state index contributed by atoms with van der Waals surface area (Å²) < 4.78 is 4.94. The Bertz CT molecular complexity index is 821. The first-order valence-corrected chi connectivity index (χ1v) is 8.32. The number of amides is 3. The standard InChI is InChI=1S/C16H19N5O4S/c1-25-11-3-2-9(6-10(11)22)7-19-13(23)8-20-16(24)21-14-5-4-12(26-14)15(17)18/h2-6,22H,7-8H2,1H3,(H3,17,18)(H,19,23)(H2,20,21,24). The SMILES string of the molecule is COc1ccc(CNC(=O)CNC(=O)Nc2ccc(C(=N)N)s2)cc1O. The molecule has 26 heavy (non-hydrogen) atoms. The van der Waals surface area contributed by atoms with Crippen molar-refractivity contribution in [2.45, 2.75) is 6.54 Å². The molecule has 0 aliphatic heterocycles. The Morgan fingerprint density at radius 1 is 1.27 bits per heavy atom. The molecule has 0 aliphatic rings. The second-order valence-corrected chi connectivity index (χ2v) is 6.25.